The molecule has 1 aromatic rings. The molecule has 3 rings (SSSR count). The number of fused-ring (bicyclic) bond motifs is 1. The van der Waals surface area contributed by atoms with Crippen molar-refractivity contribution >= 4 is 17.7 Å². The minimum absolute atomic E-state index is 0.0670. The third-order valence-electron chi connectivity index (χ3n) is 5.11. The number of benzene rings is 1. The van der Waals surface area contributed by atoms with Gasteiger partial charge in [0.2, 0.25) is 0 Å². The lowest BCUT2D eigenvalue weighted by Gasteiger charge is -2.38. The first kappa shape index (κ1) is 20.6. The summed E-state index contributed by atoms with van der Waals surface area (Å²) in [7, 11) is 1.47. The highest BCUT2D eigenvalue weighted by atomic mass is 16.6. The Morgan fingerprint density at radius 2 is 1.97 bits per heavy atom. The molecule has 2 aliphatic rings. The molecule has 0 aromatic heterocycles. The van der Waals surface area contributed by atoms with Crippen LogP contribution in [-0.2, 0) is 19.1 Å². The molecule has 0 radical (unpaired) electrons. The van der Waals surface area contributed by atoms with Crippen LogP contribution in [0.25, 0.3) is 0 Å². The summed E-state index contributed by atoms with van der Waals surface area (Å²) >= 11 is 0. The number of ketones is 1. The maximum absolute atomic E-state index is 12.9. The molecule has 2 unspecified atom stereocenters. The van der Waals surface area contributed by atoms with E-state index in [-0.39, 0.29) is 18.1 Å². The highest BCUT2D eigenvalue weighted by Crippen LogP contribution is 2.45. The molecule has 1 N–H and O–H groups in total. The Bertz CT molecular complexity index is 914. The van der Waals surface area contributed by atoms with Crippen LogP contribution in [0.5, 0.6) is 11.5 Å². The molecule has 0 amide bonds. The van der Waals surface area contributed by atoms with Crippen LogP contribution in [0.3, 0.4) is 0 Å². The zero-order chi connectivity index (χ0) is 21.1. The number of carbonyl (C=O) groups excluding carboxylic acids is 3. The molecule has 1 aliphatic heterocycles. The van der Waals surface area contributed by atoms with Crippen molar-refractivity contribution in [3.05, 3.63) is 46.8 Å². The van der Waals surface area contributed by atoms with Gasteiger partial charge in [0.15, 0.2) is 11.5 Å². The van der Waals surface area contributed by atoms with Crippen molar-refractivity contribution in [3.8, 4) is 11.5 Å². The second-order valence-corrected chi connectivity index (χ2v) is 7.01. The van der Waals surface area contributed by atoms with Gasteiger partial charge < -0.3 is 19.5 Å². The number of methoxy groups -OCH3 is 1. The van der Waals surface area contributed by atoms with Crippen LogP contribution in [0.1, 0.15) is 45.1 Å². The molecule has 7 heteroatoms. The number of hydrogen-bond donors (Lipinski definition) is 1. The smallest absolute Gasteiger partial charge is 0.336 e. The quantitative estimate of drug-likeness (QED) is 0.601. The number of Topliss-reactive ketones (excluding diaryl/α,β-unsaturated/α-hetero) is 1. The number of hydrogen-bond acceptors (Lipinski definition) is 7. The van der Waals surface area contributed by atoms with Gasteiger partial charge in [-0.1, -0.05) is 12.1 Å². The predicted molar refractivity (Wildman–Crippen MR) is 105 cm³/mol. The van der Waals surface area contributed by atoms with Gasteiger partial charge in [-0.15, -0.1) is 0 Å². The topological polar surface area (TPSA) is 90.9 Å². The first-order chi connectivity index (χ1) is 13.9. The molecule has 7 nitrogen and oxygen atoms in total. The molecule has 29 heavy (non-hydrogen) atoms. The largest absolute Gasteiger partial charge is 0.493 e. The van der Waals surface area contributed by atoms with Crippen molar-refractivity contribution in [2.24, 2.45) is 5.92 Å². The third kappa shape index (κ3) is 4.04. The van der Waals surface area contributed by atoms with Crippen molar-refractivity contribution in [1.82, 2.24) is 5.32 Å². The predicted octanol–water partition coefficient (Wildman–Crippen LogP) is 3.01. The number of rotatable bonds is 5. The van der Waals surface area contributed by atoms with Gasteiger partial charge in [0.05, 0.1) is 25.2 Å². The number of carbonyl (C=O) groups is 3. The third-order valence-corrected chi connectivity index (χ3v) is 5.11. The molecule has 0 saturated heterocycles. The van der Waals surface area contributed by atoms with Crippen molar-refractivity contribution in [1.29, 1.82) is 0 Å². The van der Waals surface area contributed by atoms with Crippen molar-refractivity contribution in [2.75, 3.05) is 13.7 Å². The average Bonchev–Trinajstić information content (AvgIpc) is 2.67. The van der Waals surface area contributed by atoms with Crippen LogP contribution >= 0.6 is 0 Å². The summed E-state index contributed by atoms with van der Waals surface area (Å²) < 4.78 is 15.9. The van der Waals surface area contributed by atoms with Crippen molar-refractivity contribution < 1.29 is 28.6 Å². The van der Waals surface area contributed by atoms with Gasteiger partial charge in [-0.3, -0.25) is 9.59 Å². The van der Waals surface area contributed by atoms with Crippen LogP contribution in [0, 0.1) is 5.92 Å². The minimum Gasteiger partial charge on any atom is -0.493 e. The summed E-state index contributed by atoms with van der Waals surface area (Å²) in [6.07, 6.45) is 3.10. The Labute approximate surface area is 169 Å². The first-order valence-corrected chi connectivity index (χ1v) is 9.61. The van der Waals surface area contributed by atoms with E-state index in [2.05, 4.69) is 5.32 Å². The van der Waals surface area contributed by atoms with E-state index in [0.29, 0.717) is 35.4 Å². The molecule has 154 valence electrons. The van der Waals surface area contributed by atoms with Gasteiger partial charge in [0, 0.05) is 30.7 Å². The van der Waals surface area contributed by atoms with Gasteiger partial charge >= 0.3 is 11.9 Å². The molecular weight excluding hydrogens is 374 g/mol. The summed E-state index contributed by atoms with van der Waals surface area (Å²) in [5.41, 5.74) is 2.60. The molecule has 0 fully saturated rings. The van der Waals surface area contributed by atoms with Crippen LogP contribution in [0.2, 0.25) is 0 Å². The van der Waals surface area contributed by atoms with E-state index in [9.17, 15) is 14.4 Å². The summed E-state index contributed by atoms with van der Waals surface area (Å²) in [6, 6.07) is 5.08. The molecule has 0 saturated carbocycles. The van der Waals surface area contributed by atoms with Gasteiger partial charge in [-0.25, -0.2) is 4.79 Å². The van der Waals surface area contributed by atoms with E-state index in [4.69, 9.17) is 14.2 Å². The summed E-state index contributed by atoms with van der Waals surface area (Å²) in [4.78, 5) is 37.0. The number of esters is 2. The van der Waals surface area contributed by atoms with Crippen LogP contribution in [-0.4, -0.2) is 31.4 Å². The minimum atomic E-state index is -0.519. The first-order valence-electron chi connectivity index (χ1n) is 9.61. The van der Waals surface area contributed by atoms with Crippen molar-refractivity contribution in [2.45, 2.75) is 39.5 Å². The highest BCUT2D eigenvalue weighted by molar-refractivity contribution is 5.96. The molecule has 0 bridgehead atoms. The van der Waals surface area contributed by atoms with Crippen LogP contribution in [0.4, 0.5) is 0 Å². The maximum atomic E-state index is 12.9. The number of nitrogens with one attached hydrogen (secondary N) is 1. The Hall–Kier alpha value is -3.09. The standard InChI is InChI=1S/C22H25NO6/c1-5-28-22(26)19-12(2)23-15-7-6-8-16(25)21(15)20(19)14-9-10-17(29-13(3)24)18(11-14)27-4/h7,9-11,20-21,23H,5-6,8H2,1-4H3. The van der Waals surface area contributed by atoms with Crippen LogP contribution < -0.4 is 14.8 Å². The second-order valence-electron chi connectivity index (χ2n) is 7.01. The fourth-order valence-corrected chi connectivity index (χ4v) is 3.97. The van der Waals surface area contributed by atoms with Gasteiger partial charge in [0.1, 0.15) is 5.78 Å². The van der Waals surface area contributed by atoms with E-state index >= 15 is 0 Å². The van der Waals surface area contributed by atoms with Crippen LogP contribution in [0.15, 0.2) is 41.2 Å². The van der Waals surface area contributed by atoms with E-state index in [1.165, 1.54) is 14.0 Å². The Morgan fingerprint density at radius 1 is 1.21 bits per heavy atom. The molecule has 1 aliphatic carbocycles. The lowest BCUT2D eigenvalue weighted by atomic mass is 9.71. The molecule has 0 spiro atoms. The Morgan fingerprint density at radius 3 is 2.62 bits per heavy atom. The summed E-state index contributed by atoms with van der Waals surface area (Å²) in [5.74, 6) is -1.24. The fraction of sp³-hybridized carbons (Fsp3) is 0.409. The average molecular weight is 399 g/mol. The molecular formula is C22H25NO6. The number of allylic oxidation sites excluding steroid dienone is 3. The molecule has 1 aromatic carbocycles. The second kappa shape index (κ2) is 8.51. The highest BCUT2D eigenvalue weighted by Gasteiger charge is 2.43. The lowest BCUT2D eigenvalue weighted by Crippen LogP contribution is -2.40. The van der Waals surface area contributed by atoms with E-state index in [0.717, 1.165) is 5.70 Å². The van der Waals surface area contributed by atoms with E-state index < -0.39 is 23.8 Å². The molecule has 2 atom stereocenters. The fourth-order valence-electron chi connectivity index (χ4n) is 3.97. The van der Waals surface area contributed by atoms with E-state index in [1.54, 1.807) is 32.0 Å². The zero-order valence-corrected chi connectivity index (χ0v) is 17.0. The Balaban J connectivity index is 2.15. The lowest BCUT2D eigenvalue weighted by molar-refractivity contribution is -0.139. The van der Waals surface area contributed by atoms with Crippen molar-refractivity contribution in [3.63, 3.8) is 0 Å². The monoisotopic (exact) mass is 399 g/mol. The van der Waals surface area contributed by atoms with E-state index in [1.807, 2.05) is 6.08 Å². The van der Waals surface area contributed by atoms with Gasteiger partial charge in [0.25, 0.3) is 0 Å². The Kier molecular flexibility index (Phi) is 6.06. The maximum Gasteiger partial charge on any atom is 0.336 e. The normalized spacial score (nSPS) is 21.0. The summed E-state index contributed by atoms with van der Waals surface area (Å²) in [6.45, 7) is 5.09. The molecule has 1 heterocycles. The number of ether oxygens (including phenoxy) is 3. The summed E-state index contributed by atoms with van der Waals surface area (Å²) in [5, 5.41) is 3.22. The SMILES string of the molecule is CCOC(=O)C1=C(C)NC2=CCCC(=O)C2C1c1ccc(OC(C)=O)c(OC)c1. The van der Waals surface area contributed by atoms with Gasteiger partial charge in [-0.2, -0.15) is 0 Å². The zero-order valence-electron chi connectivity index (χ0n) is 17.0. The van der Waals surface area contributed by atoms with Gasteiger partial charge in [-0.05, 0) is 38.0 Å².